The number of esters is 7. The minimum Gasteiger partial charge on any atom is -0.456 e. The number of Topliss-reactive ketones (excluding diaryl/α,β-unsaturated/α-hetero) is 2. The Bertz CT molecular complexity index is 4030. The van der Waals surface area contributed by atoms with E-state index < -0.39 is 201 Å². The molecule has 2 unspecified atom stereocenters. The maximum Gasteiger partial charge on any atom is 0.348 e. The zero-order valence-electron chi connectivity index (χ0n) is 60.4. The molecule has 104 heavy (non-hydrogen) atoms. The van der Waals surface area contributed by atoms with Crippen molar-refractivity contribution in [1.82, 2.24) is 0 Å². The van der Waals surface area contributed by atoms with Gasteiger partial charge in [-0.15, -0.1) is 11.6 Å². The Kier molecular flexibility index (Phi) is 21.8. The molecule has 4 saturated carbocycles. The number of halogens is 1. The molecule has 0 radical (unpaired) electrons. The van der Waals surface area contributed by atoms with Gasteiger partial charge in [0.2, 0.25) is 6.10 Å². The van der Waals surface area contributed by atoms with Crippen LogP contribution in [0.2, 0.25) is 0 Å². The van der Waals surface area contributed by atoms with Gasteiger partial charge in [-0.3, -0.25) is 24.0 Å². The highest BCUT2D eigenvalue weighted by Gasteiger charge is 2.76. The second kappa shape index (κ2) is 29.4. The summed E-state index contributed by atoms with van der Waals surface area (Å²) in [5.41, 5.74) is -6.21. The topological polar surface area (TPSA) is 338 Å². The van der Waals surface area contributed by atoms with E-state index in [9.17, 15) is 68.7 Å². The molecule has 0 amide bonds. The Morgan fingerprint density at radius 3 is 1.25 bits per heavy atom. The first-order chi connectivity index (χ1) is 49.0. The van der Waals surface area contributed by atoms with Gasteiger partial charge >= 0.3 is 41.8 Å². The van der Waals surface area contributed by atoms with E-state index in [1.807, 2.05) is 12.1 Å². The molecule has 0 spiro atoms. The number of rotatable bonds is 16. The van der Waals surface area contributed by atoms with Crippen molar-refractivity contribution in [3.63, 3.8) is 0 Å². The summed E-state index contributed by atoms with van der Waals surface area (Å²) < 4.78 is 54.1. The minimum absolute atomic E-state index is 0.0101. The lowest BCUT2D eigenvalue weighted by atomic mass is 9.47. The lowest BCUT2D eigenvalue weighted by molar-refractivity contribution is -0.331. The third-order valence-electron chi connectivity index (χ3n) is 24.1. The molecule has 0 aromatic heterocycles. The molecule has 2 aliphatic heterocycles. The van der Waals surface area contributed by atoms with Crippen molar-refractivity contribution in [3.8, 4) is 0 Å². The van der Waals surface area contributed by atoms with E-state index in [1.165, 1.54) is 26.0 Å². The minimum atomic E-state index is -2.12. The molecular formula is C80H93ClO23. The largest absolute Gasteiger partial charge is 0.456 e. The van der Waals surface area contributed by atoms with Gasteiger partial charge in [0.25, 0.3) is 0 Å². The molecule has 2 saturated heterocycles. The number of aliphatic hydroxyl groups excluding tert-OH is 3. The molecule has 6 aliphatic carbocycles. The highest BCUT2D eigenvalue weighted by Crippen LogP contribution is 2.64. The average molecular weight is 1460 g/mol. The summed E-state index contributed by atoms with van der Waals surface area (Å²) in [6.07, 6.45) is -13.4. The molecular weight excluding hydrogens is 1360 g/mol. The summed E-state index contributed by atoms with van der Waals surface area (Å²) in [5, 5.41) is 61.1. The highest BCUT2D eigenvalue weighted by atomic mass is 35.5. The fourth-order valence-electron chi connectivity index (χ4n) is 18.7. The number of fused-ring (bicyclic) bond motifs is 10. The maximum absolute atomic E-state index is 14.8. The standard InChI is InChI=1S/C41H47ClO12.C39H46O11/c1-21(25-13-9-7-10-14-25)35(52-30(45)19-42)38(48)51-28-18-41(49)36(53-37(47)26-15-11-8-12-16-26)33-31(34(46)23(3)32(22(28)2)39(41,5)6)27(44)17-29-40(33,20-50-29)54-24(4)43;1-20(24-13-9-7-10-14-24)33(43)36(45)48-27-18-39(46)34(49-35(44)25-15-11-8-12-16-25)31-29(32(42)22(3)30(21(27)2)37(39,5)6)26(41)17-28-38(31,19-47-28)50-23(4)40/h7-16,21,23,27-29,31,33,35-36,44,49H,17-20H2,1-6H3;7-16,20,22,26-29,31,33-34,41,43,46H,17-19H2,1-6H3/t21-,23+,27-,28-,29+,31?,33+,35+,36-,40-,41+;20-,22+,26-,27-,28+,29?,31+,33+,34-,38-,39+/m00/s1. The fraction of sp³-hybridized carbons (Fsp3) is 0.537. The molecule has 6 fully saturated rings. The summed E-state index contributed by atoms with van der Waals surface area (Å²) in [6.45, 7) is 19.3. The lowest BCUT2D eigenvalue weighted by Crippen LogP contribution is -2.78. The van der Waals surface area contributed by atoms with E-state index in [4.69, 9.17) is 54.2 Å². The van der Waals surface area contributed by atoms with Gasteiger partial charge in [0.05, 0.1) is 60.2 Å². The average Bonchev–Trinajstić information content (AvgIpc) is 0.686. The zero-order valence-corrected chi connectivity index (χ0v) is 61.1. The van der Waals surface area contributed by atoms with Gasteiger partial charge in [-0.1, -0.05) is 152 Å². The third kappa shape index (κ3) is 13.2. The van der Waals surface area contributed by atoms with Crippen molar-refractivity contribution in [3.05, 3.63) is 166 Å². The Balaban J connectivity index is 0.000000209. The van der Waals surface area contributed by atoms with E-state index in [2.05, 4.69) is 0 Å². The Morgan fingerprint density at radius 2 is 0.904 bits per heavy atom. The van der Waals surface area contributed by atoms with Crippen molar-refractivity contribution < 1.29 is 111 Å². The molecule has 24 heteroatoms. The third-order valence-corrected chi connectivity index (χ3v) is 24.4. The van der Waals surface area contributed by atoms with Gasteiger partial charge in [-0.25, -0.2) is 19.2 Å². The molecule has 558 valence electrons. The van der Waals surface area contributed by atoms with Crippen LogP contribution in [0.5, 0.6) is 0 Å². The molecule has 12 rings (SSSR count). The Morgan fingerprint density at radius 1 is 0.548 bits per heavy atom. The molecule has 4 aromatic carbocycles. The molecule has 4 bridgehead atoms. The SMILES string of the molecule is CC(=O)O[C@@]12CO[C@@H]1C[C@H](O)C1C(=O)[C@H](C)C3=C(C)[C@@H](OC(=O)[C@H](O)[C@@H](C)c4ccccc4)C[C@@](O)([C@@H](OC(=O)c4ccccc4)[C@@H]12)C3(C)C.CC(=O)O[C@@]12CO[C@@H]1C[C@H](O)C1C(=O)[C@H](C)C3=C(C)[C@@H](OC(=O)[C@H](OC(=O)CCl)[C@@H](C)c4ccccc4)C[C@@](O)([C@@H](OC(=O)c4ccccc4)[C@@H]12)C3(C)C. The summed E-state index contributed by atoms with van der Waals surface area (Å²) >= 11 is 5.78. The summed E-state index contributed by atoms with van der Waals surface area (Å²) in [7, 11) is 0. The zero-order chi connectivity index (χ0) is 75.7. The smallest absolute Gasteiger partial charge is 0.348 e. The van der Waals surface area contributed by atoms with E-state index >= 15 is 0 Å². The number of ether oxygens (including phenoxy) is 9. The summed E-state index contributed by atoms with van der Waals surface area (Å²) in [4.78, 5) is 123. The monoisotopic (exact) mass is 1460 g/mol. The fourth-order valence-corrected chi connectivity index (χ4v) is 18.7. The van der Waals surface area contributed by atoms with Gasteiger partial charge < -0.3 is 68.2 Å². The Hall–Kier alpha value is -8.00. The molecule has 8 aliphatic rings. The molecule has 23 nitrogen and oxygen atoms in total. The van der Waals surface area contributed by atoms with Crippen molar-refractivity contribution >= 4 is 65.0 Å². The highest BCUT2D eigenvalue weighted by molar-refractivity contribution is 6.26. The van der Waals surface area contributed by atoms with Crippen LogP contribution in [-0.2, 0) is 76.2 Å². The first-order valence-corrected chi connectivity index (χ1v) is 36.0. The van der Waals surface area contributed by atoms with Crippen LogP contribution in [0.3, 0.4) is 0 Å². The van der Waals surface area contributed by atoms with Gasteiger partial charge in [-0.2, -0.15) is 0 Å². The number of ketones is 2. The molecule has 2 heterocycles. The molecule has 4 aromatic rings. The van der Waals surface area contributed by atoms with E-state index in [1.54, 1.807) is 166 Å². The number of hydrogen-bond donors (Lipinski definition) is 5. The molecule has 22 atom stereocenters. The number of alkyl halides is 1. The number of carbonyl (C=O) groups is 9. The van der Waals surface area contributed by atoms with Crippen LogP contribution >= 0.6 is 11.6 Å². The van der Waals surface area contributed by atoms with Crippen LogP contribution in [0.15, 0.2) is 144 Å². The summed E-state index contributed by atoms with van der Waals surface area (Å²) in [5.74, 6) is -15.1. The van der Waals surface area contributed by atoms with Crippen molar-refractivity contribution in [2.45, 2.75) is 204 Å². The first kappa shape index (κ1) is 77.1. The number of aliphatic hydroxyl groups is 5. The van der Waals surface area contributed by atoms with Gasteiger partial charge in [0.1, 0.15) is 65.3 Å². The van der Waals surface area contributed by atoms with Gasteiger partial charge in [-0.05, 0) is 71.5 Å². The first-order valence-electron chi connectivity index (χ1n) is 35.4. The predicted molar refractivity (Wildman–Crippen MR) is 371 cm³/mol. The van der Waals surface area contributed by atoms with Crippen LogP contribution in [0, 0.1) is 46.3 Å². The van der Waals surface area contributed by atoms with Gasteiger partial charge in [0, 0.05) is 74.0 Å². The lowest BCUT2D eigenvalue weighted by Gasteiger charge is -2.65. The second-order valence-electron chi connectivity index (χ2n) is 30.5. The van der Waals surface area contributed by atoms with Crippen LogP contribution in [0.1, 0.15) is 152 Å². The predicted octanol–water partition coefficient (Wildman–Crippen LogP) is 8.15. The van der Waals surface area contributed by atoms with Gasteiger partial charge in [0.15, 0.2) is 17.3 Å². The van der Waals surface area contributed by atoms with E-state index in [-0.39, 0.29) is 50.0 Å². The number of carbonyl (C=O) groups excluding carboxylic acids is 9. The molecule has 5 N–H and O–H groups in total. The van der Waals surface area contributed by atoms with Crippen LogP contribution < -0.4 is 0 Å². The van der Waals surface area contributed by atoms with E-state index in [0.29, 0.717) is 27.9 Å². The number of benzene rings is 4. The quantitative estimate of drug-likeness (QED) is 0.0305. The maximum atomic E-state index is 14.8. The van der Waals surface area contributed by atoms with Crippen molar-refractivity contribution in [1.29, 1.82) is 0 Å². The summed E-state index contributed by atoms with van der Waals surface area (Å²) in [6, 6.07) is 34.2. The van der Waals surface area contributed by atoms with Crippen LogP contribution in [0.4, 0.5) is 0 Å². The Labute approximate surface area is 608 Å². The van der Waals surface area contributed by atoms with Crippen LogP contribution in [-0.4, -0.2) is 181 Å². The second-order valence-corrected chi connectivity index (χ2v) is 30.7. The number of hydrogen-bond acceptors (Lipinski definition) is 23. The van der Waals surface area contributed by atoms with Crippen LogP contribution in [0.25, 0.3) is 0 Å². The normalized spacial score (nSPS) is 34.6. The van der Waals surface area contributed by atoms with E-state index in [0.717, 1.165) is 5.56 Å². The van der Waals surface area contributed by atoms with Crippen molar-refractivity contribution in [2.24, 2.45) is 46.3 Å². The van der Waals surface area contributed by atoms with Crippen molar-refractivity contribution in [2.75, 3.05) is 19.1 Å².